The number of fused-ring (bicyclic) bond motifs is 1. The summed E-state index contributed by atoms with van der Waals surface area (Å²) in [7, 11) is 1.69. The first-order valence-electron chi connectivity index (χ1n) is 11.7. The Labute approximate surface area is 201 Å². The quantitative estimate of drug-likeness (QED) is 0.479. The lowest BCUT2D eigenvalue weighted by Gasteiger charge is -2.46. The van der Waals surface area contributed by atoms with Gasteiger partial charge in [0, 0.05) is 13.1 Å². The molecule has 7 heteroatoms. The minimum Gasteiger partial charge on any atom is -0.426 e. The summed E-state index contributed by atoms with van der Waals surface area (Å²) < 4.78 is 11.8. The van der Waals surface area contributed by atoms with E-state index in [1.165, 1.54) is 16.1 Å². The van der Waals surface area contributed by atoms with Gasteiger partial charge in [-0.2, -0.15) is 5.10 Å². The molecule has 1 unspecified atom stereocenters. The maximum Gasteiger partial charge on any atom is 0.305 e. The highest BCUT2D eigenvalue weighted by Crippen LogP contribution is 2.50. The van der Waals surface area contributed by atoms with Crippen molar-refractivity contribution in [2.75, 3.05) is 12.1 Å². The first kappa shape index (κ1) is 23.8. The number of aryl methyl sites for hydroxylation is 2. The molecule has 0 bridgehead atoms. The van der Waals surface area contributed by atoms with Crippen LogP contribution in [-0.2, 0) is 10.8 Å². The number of carbonyl (C=O) groups excluding carboxylic acids is 1. The molecule has 2 aromatic heterocycles. The van der Waals surface area contributed by atoms with Gasteiger partial charge >= 0.3 is 5.91 Å². The highest BCUT2D eigenvalue weighted by atomic mass is 16.6. The molecular weight excluding hydrogens is 428 g/mol. The number of amides is 1. The average Bonchev–Trinajstić information content (AvgIpc) is 3.22. The van der Waals surface area contributed by atoms with Crippen LogP contribution in [0.4, 0.5) is 5.82 Å². The number of ether oxygens (including phenoxy) is 1. The Morgan fingerprint density at radius 1 is 1.09 bits per heavy atom. The van der Waals surface area contributed by atoms with Crippen molar-refractivity contribution in [3.63, 3.8) is 0 Å². The van der Waals surface area contributed by atoms with Gasteiger partial charge in [-0.05, 0) is 78.0 Å². The summed E-state index contributed by atoms with van der Waals surface area (Å²) in [6.07, 6.45) is 1.11. The van der Waals surface area contributed by atoms with Crippen LogP contribution < -0.4 is 15.2 Å². The van der Waals surface area contributed by atoms with E-state index in [1.54, 1.807) is 25.2 Å². The Kier molecular flexibility index (Phi) is 5.92. The molecule has 0 fully saturated rings. The van der Waals surface area contributed by atoms with E-state index in [2.05, 4.69) is 62.4 Å². The number of hydrazine groups is 1. The molecule has 1 N–H and O–H groups in total. The van der Waals surface area contributed by atoms with Crippen LogP contribution >= 0.6 is 0 Å². The van der Waals surface area contributed by atoms with Crippen LogP contribution in [0.1, 0.15) is 74.0 Å². The molecule has 1 aliphatic carbocycles. The lowest BCUT2D eigenvalue weighted by atomic mass is 9.58. The molecule has 0 radical (unpaired) electrons. The van der Waals surface area contributed by atoms with Crippen LogP contribution in [0.25, 0.3) is 0 Å². The third-order valence-electron chi connectivity index (χ3n) is 7.20. The van der Waals surface area contributed by atoms with Gasteiger partial charge in [0.1, 0.15) is 5.75 Å². The lowest BCUT2D eigenvalue weighted by molar-refractivity contribution is 0.0918. The van der Waals surface area contributed by atoms with Crippen LogP contribution in [0.3, 0.4) is 0 Å². The van der Waals surface area contributed by atoms with Crippen molar-refractivity contribution in [1.29, 1.82) is 0 Å². The van der Waals surface area contributed by atoms with E-state index < -0.39 is 5.91 Å². The molecule has 1 aromatic carbocycles. The fourth-order valence-electron chi connectivity index (χ4n) is 4.73. The van der Waals surface area contributed by atoms with Gasteiger partial charge < -0.3 is 9.15 Å². The van der Waals surface area contributed by atoms with Gasteiger partial charge in [0.25, 0.3) is 5.95 Å². The number of nitrogens with zero attached hydrogens (tertiary/aromatic N) is 3. The summed E-state index contributed by atoms with van der Waals surface area (Å²) in [6, 6.07) is 11.3. The predicted molar refractivity (Wildman–Crippen MR) is 132 cm³/mol. The Bertz CT molecular complexity index is 1210. The molecule has 0 aliphatic heterocycles. The monoisotopic (exact) mass is 462 g/mol. The molecule has 0 saturated heterocycles. The molecule has 1 aliphatic rings. The van der Waals surface area contributed by atoms with Gasteiger partial charge in [0.05, 0.1) is 5.69 Å². The summed E-state index contributed by atoms with van der Waals surface area (Å²) in [6.45, 7) is 15.5. The number of anilines is 1. The number of benzene rings is 1. The third kappa shape index (κ3) is 4.39. The molecule has 0 saturated carbocycles. The van der Waals surface area contributed by atoms with Crippen LogP contribution in [0.2, 0.25) is 0 Å². The summed E-state index contributed by atoms with van der Waals surface area (Å²) >= 11 is 0. The van der Waals surface area contributed by atoms with Crippen molar-refractivity contribution in [3.05, 3.63) is 64.5 Å². The zero-order valence-electron chi connectivity index (χ0n) is 21.3. The van der Waals surface area contributed by atoms with Gasteiger partial charge in [0.15, 0.2) is 11.6 Å². The molecule has 1 atom stereocenters. The predicted octanol–water partition coefficient (Wildman–Crippen LogP) is 5.85. The van der Waals surface area contributed by atoms with E-state index in [4.69, 9.17) is 9.15 Å². The minimum absolute atomic E-state index is 0.0494. The lowest BCUT2D eigenvalue weighted by Crippen LogP contribution is -2.40. The Balaban J connectivity index is 1.53. The smallest absolute Gasteiger partial charge is 0.305 e. The molecule has 34 heavy (non-hydrogen) atoms. The number of aromatic nitrogens is 2. The fraction of sp³-hybridized carbons (Fsp3) is 0.444. The first-order chi connectivity index (χ1) is 15.9. The zero-order valence-corrected chi connectivity index (χ0v) is 21.3. The molecule has 180 valence electrons. The molecular formula is C27H34N4O3. The second kappa shape index (κ2) is 8.46. The number of furan rings is 1. The van der Waals surface area contributed by atoms with Gasteiger partial charge in [-0.15, -0.1) is 5.10 Å². The minimum atomic E-state index is -0.404. The maximum atomic E-state index is 12.7. The third-order valence-corrected chi connectivity index (χ3v) is 7.20. The van der Waals surface area contributed by atoms with Crippen molar-refractivity contribution in [2.45, 2.75) is 65.7 Å². The second-order valence-corrected chi connectivity index (χ2v) is 10.6. The van der Waals surface area contributed by atoms with Crippen molar-refractivity contribution >= 4 is 11.7 Å². The second-order valence-electron chi connectivity index (χ2n) is 10.6. The van der Waals surface area contributed by atoms with Crippen LogP contribution in [0.15, 0.2) is 40.8 Å². The van der Waals surface area contributed by atoms with Crippen molar-refractivity contribution < 1.29 is 13.9 Å². The number of rotatable bonds is 5. The molecule has 3 aromatic rings. The number of nitrogens with one attached hydrogen (secondary N) is 1. The van der Waals surface area contributed by atoms with Gasteiger partial charge in [0.2, 0.25) is 0 Å². The summed E-state index contributed by atoms with van der Waals surface area (Å²) in [5, 5.41) is 9.57. The zero-order chi connectivity index (χ0) is 24.8. The molecule has 2 heterocycles. The average molecular weight is 463 g/mol. The Hall–Kier alpha value is -3.35. The van der Waals surface area contributed by atoms with Gasteiger partial charge in [-0.3, -0.25) is 15.2 Å². The van der Waals surface area contributed by atoms with E-state index in [0.29, 0.717) is 11.7 Å². The van der Waals surface area contributed by atoms with Crippen molar-refractivity contribution in [1.82, 2.24) is 15.6 Å². The summed E-state index contributed by atoms with van der Waals surface area (Å²) in [4.78, 5) is 12.7. The highest BCUT2D eigenvalue weighted by Gasteiger charge is 2.42. The summed E-state index contributed by atoms with van der Waals surface area (Å²) in [5.41, 5.74) is 7.40. The molecule has 4 rings (SSSR count). The Morgan fingerprint density at radius 2 is 1.82 bits per heavy atom. The Morgan fingerprint density at radius 3 is 2.50 bits per heavy atom. The molecule has 0 spiro atoms. The topological polar surface area (TPSA) is 80.5 Å². The SMILES string of the molecule is Cc1ccc(N(C)NC(=O)c2ccc(Oc3cc4c(cc3C)C(C)(C)C(C)CC4(C)C)o2)nn1. The van der Waals surface area contributed by atoms with Crippen molar-refractivity contribution in [2.24, 2.45) is 5.92 Å². The van der Waals surface area contributed by atoms with Crippen LogP contribution in [0, 0.1) is 19.8 Å². The van der Waals surface area contributed by atoms with E-state index in [0.717, 1.165) is 23.4 Å². The standard InChI is InChI=1S/C27H34N4O3/c1-16-13-20-19(26(4,5)15-17(2)27(20,6)7)14-22(16)34-24-12-10-21(33-24)25(32)30-31(8)23-11-9-18(3)28-29-23/h9-14,17H,15H2,1-8H3,(H,30,32). The first-order valence-corrected chi connectivity index (χ1v) is 11.7. The number of carbonyl (C=O) groups is 1. The largest absolute Gasteiger partial charge is 0.426 e. The molecule has 1 amide bonds. The number of hydrogen-bond acceptors (Lipinski definition) is 6. The van der Waals surface area contributed by atoms with E-state index >= 15 is 0 Å². The van der Waals surface area contributed by atoms with Gasteiger partial charge in [-0.1, -0.05) is 40.7 Å². The molecule has 7 nitrogen and oxygen atoms in total. The van der Waals surface area contributed by atoms with E-state index in [-0.39, 0.29) is 22.5 Å². The normalized spacial score (nSPS) is 18.2. The number of hydrogen-bond donors (Lipinski definition) is 1. The van der Waals surface area contributed by atoms with Crippen molar-refractivity contribution in [3.8, 4) is 11.7 Å². The van der Waals surface area contributed by atoms with Gasteiger partial charge in [-0.25, -0.2) is 0 Å². The van der Waals surface area contributed by atoms with Crippen LogP contribution in [0.5, 0.6) is 11.7 Å². The maximum absolute atomic E-state index is 12.7. The summed E-state index contributed by atoms with van der Waals surface area (Å²) in [5.74, 6) is 1.85. The highest BCUT2D eigenvalue weighted by molar-refractivity contribution is 5.92. The fourth-order valence-corrected chi connectivity index (χ4v) is 4.73. The van der Waals surface area contributed by atoms with Crippen LogP contribution in [-0.4, -0.2) is 23.2 Å². The van der Waals surface area contributed by atoms with E-state index in [1.807, 2.05) is 19.9 Å². The van der Waals surface area contributed by atoms with E-state index in [9.17, 15) is 4.79 Å².